The second-order valence-electron chi connectivity index (χ2n) is 7.44. The summed E-state index contributed by atoms with van der Waals surface area (Å²) >= 11 is 0. The predicted octanol–water partition coefficient (Wildman–Crippen LogP) is 4.27. The fourth-order valence-electron chi connectivity index (χ4n) is 4.96. The van der Waals surface area contributed by atoms with E-state index in [1.165, 1.54) is 50.1 Å². The Morgan fingerprint density at radius 3 is 2.11 bits per heavy atom. The van der Waals surface area contributed by atoms with E-state index in [4.69, 9.17) is 0 Å². The summed E-state index contributed by atoms with van der Waals surface area (Å²) in [5.41, 5.74) is 12.3. The third kappa shape index (κ3) is 1.90. The van der Waals surface area contributed by atoms with Crippen molar-refractivity contribution in [1.82, 2.24) is 0 Å². The van der Waals surface area contributed by atoms with E-state index in [-0.39, 0.29) is 0 Å². The summed E-state index contributed by atoms with van der Waals surface area (Å²) in [7, 11) is 0. The molecule has 0 spiro atoms. The number of nitrogens with zero attached hydrogens (tertiary/aromatic N) is 1. The molecule has 0 saturated heterocycles. The Balaban J connectivity index is 1.74. The van der Waals surface area contributed by atoms with E-state index < -0.39 is 0 Å². The Kier molecular flexibility index (Phi) is 2.96. The van der Waals surface area contributed by atoms with Gasteiger partial charge in [0.2, 0.25) is 6.71 Å². The van der Waals surface area contributed by atoms with Crippen molar-refractivity contribution in [2.45, 2.75) is 6.92 Å². The summed E-state index contributed by atoms with van der Waals surface area (Å²) in [6, 6.07) is 33.1. The van der Waals surface area contributed by atoms with Gasteiger partial charge in [-0.2, -0.15) is 0 Å². The Morgan fingerprint density at radius 2 is 1.26 bits per heavy atom. The molecular formula is C25H18BN. The molecule has 126 valence electrons. The third-order valence-corrected chi connectivity index (χ3v) is 6.02. The summed E-state index contributed by atoms with van der Waals surface area (Å²) in [6.45, 7) is 2.57. The van der Waals surface area contributed by atoms with E-state index in [1.807, 2.05) is 0 Å². The molecule has 2 aliphatic rings. The summed E-state index contributed by atoms with van der Waals surface area (Å²) in [5, 5.41) is 0. The summed E-state index contributed by atoms with van der Waals surface area (Å²) in [6.07, 6.45) is 0. The molecule has 0 bridgehead atoms. The molecule has 27 heavy (non-hydrogen) atoms. The Labute approximate surface area is 160 Å². The zero-order valence-corrected chi connectivity index (χ0v) is 15.2. The van der Waals surface area contributed by atoms with E-state index in [1.54, 1.807) is 0 Å². The predicted molar refractivity (Wildman–Crippen MR) is 116 cm³/mol. The second kappa shape index (κ2) is 5.37. The normalized spacial score (nSPS) is 13.2. The van der Waals surface area contributed by atoms with Gasteiger partial charge in [0.25, 0.3) is 0 Å². The topological polar surface area (TPSA) is 3.24 Å². The maximum Gasteiger partial charge on any atom is 0.248 e. The number of aryl methyl sites for hydroxylation is 1. The summed E-state index contributed by atoms with van der Waals surface area (Å²) in [4.78, 5) is 2.42. The fraction of sp³-hybridized carbons (Fsp3) is 0.0400. The number of fused-ring (bicyclic) bond motifs is 5. The van der Waals surface area contributed by atoms with Crippen molar-refractivity contribution in [1.29, 1.82) is 0 Å². The average Bonchev–Trinajstić information content (AvgIpc) is 3.07. The number of hydrogen-bond acceptors (Lipinski definition) is 1. The molecule has 0 saturated carbocycles. The van der Waals surface area contributed by atoms with E-state index in [0.717, 1.165) is 0 Å². The first-order valence-electron chi connectivity index (χ1n) is 9.51. The highest BCUT2D eigenvalue weighted by Crippen LogP contribution is 2.40. The molecule has 2 heteroatoms. The quantitative estimate of drug-likeness (QED) is 0.403. The lowest BCUT2D eigenvalue weighted by atomic mass is 9.36. The maximum atomic E-state index is 2.42. The molecule has 2 heterocycles. The van der Waals surface area contributed by atoms with Crippen LogP contribution in [0.15, 0.2) is 91.0 Å². The van der Waals surface area contributed by atoms with Gasteiger partial charge in [0.15, 0.2) is 0 Å². The fourth-order valence-corrected chi connectivity index (χ4v) is 4.96. The smallest absolute Gasteiger partial charge is 0.248 e. The molecule has 0 unspecified atom stereocenters. The third-order valence-electron chi connectivity index (χ3n) is 6.02. The van der Waals surface area contributed by atoms with Gasteiger partial charge in [-0.1, -0.05) is 77.8 Å². The van der Waals surface area contributed by atoms with Crippen molar-refractivity contribution >= 4 is 40.2 Å². The minimum absolute atomic E-state index is 0.323. The van der Waals surface area contributed by atoms with Crippen molar-refractivity contribution < 1.29 is 0 Å². The molecular weight excluding hydrogens is 325 g/mol. The molecule has 0 atom stereocenters. The van der Waals surface area contributed by atoms with Gasteiger partial charge in [0.1, 0.15) is 0 Å². The number of rotatable bonds is 1. The van der Waals surface area contributed by atoms with Crippen LogP contribution in [0.5, 0.6) is 0 Å². The minimum atomic E-state index is 0.323. The summed E-state index contributed by atoms with van der Waals surface area (Å²) in [5.74, 6) is 0. The second-order valence-corrected chi connectivity index (χ2v) is 7.44. The average molecular weight is 343 g/mol. The van der Waals surface area contributed by atoms with Crippen LogP contribution in [0.4, 0.5) is 17.1 Å². The van der Waals surface area contributed by atoms with Crippen molar-refractivity contribution in [2.24, 2.45) is 0 Å². The van der Waals surface area contributed by atoms with Crippen molar-refractivity contribution in [2.75, 3.05) is 4.90 Å². The highest BCUT2D eigenvalue weighted by molar-refractivity contribution is 7.01. The first-order valence-corrected chi connectivity index (χ1v) is 9.51. The molecule has 2 aliphatic heterocycles. The first-order chi connectivity index (χ1) is 13.3. The van der Waals surface area contributed by atoms with Crippen LogP contribution < -0.4 is 21.3 Å². The molecule has 4 aromatic carbocycles. The monoisotopic (exact) mass is 343 g/mol. The van der Waals surface area contributed by atoms with Gasteiger partial charge in [-0.15, -0.1) is 0 Å². The lowest BCUT2D eigenvalue weighted by Gasteiger charge is -2.36. The number of para-hydroxylation sites is 2. The molecule has 0 N–H and O–H groups in total. The zero-order valence-electron chi connectivity index (χ0n) is 15.2. The first kappa shape index (κ1) is 14.9. The van der Waals surface area contributed by atoms with Gasteiger partial charge in [0, 0.05) is 17.1 Å². The number of benzene rings is 4. The van der Waals surface area contributed by atoms with Gasteiger partial charge in [-0.05, 0) is 53.2 Å². The molecule has 0 radical (unpaired) electrons. The van der Waals surface area contributed by atoms with Crippen molar-refractivity contribution in [3.8, 4) is 11.1 Å². The standard InChI is InChI=1S/C25H18BN/c1-17-9-7-12-19-20-13-8-16-23-25(20)26(24(17)19)21-14-5-6-15-22(21)27(23)18-10-3-2-4-11-18/h2-16H,1H3. The van der Waals surface area contributed by atoms with E-state index in [2.05, 4.69) is 103 Å². The zero-order chi connectivity index (χ0) is 18.0. The number of anilines is 3. The molecule has 6 rings (SSSR count). The van der Waals surface area contributed by atoms with Crippen LogP contribution >= 0.6 is 0 Å². The van der Waals surface area contributed by atoms with Crippen molar-refractivity contribution in [3.63, 3.8) is 0 Å². The highest BCUT2D eigenvalue weighted by atomic mass is 15.1. The van der Waals surface area contributed by atoms with Gasteiger partial charge in [-0.25, -0.2) is 0 Å². The molecule has 0 aliphatic carbocycles. The largest absolute Gasteiger partial charge is 0.312 e. The Hall–Kier alpha value is -3.26. The van der Waals surface area contributed by atoms with Crippen molar-refractivity contribution in [3.05, 3.63) is 96.6 Å². The molecule has 4 aromatic rings. The Bertz CT molecular complexity index is 1200. The lowest BCUT2D eigenvalue weighted by molar-refractivity contribution is 1.30. The Morgan fingerprint density at radius 1 is 0.593 bits per heavy atom. The van der Waals surface area contributed by atoms with Crippen LogP contribution in [-0.4, -0.2) is 6.71 Å². The van der Waals surface area contributed by atoms with Gasteiger partial charge < -0.3 is 4.90 Å². The van der Waals surface area contributed by atoms with Crippen LogP contribution in [0.25, 0.3) is 11.1 Å². The van der Waals surface area contributed by atoms with E-state index >= 15 is 0 Å². The molecule has 0 fully saturated rings. The lowest BCUT2D eigenvalue weighted by Crippen LogP contribution is -2.55. The maximum absolute atomic E-state index is 2.42. The van der Waals surface area contributed by atoms with Crippen LogP contribution in [0.1, 0.15) is 5.56 Å². The van der Waals surface area contributed by atoms with Crippen LogP contribution in [-0.2, 0) is 0 Å². The molecule has 0 amide bonds. The van der Waals surface area contributed by atoms with E-state index in [9.17, 15) is 0 Å². The van der Waals surface area contributed by atoms with Crippen LogP contribution in [0.2, 0.25) is 0 Å². The molecule has 1 nitrogen and oxygen atoms in total. The molecule has 0 aromatic heterocycles. The summed E-state index contributed by atoms with van der Waals surface area (Å²) < 4.78 is 0. The van der Waals surface area contributed by atoms with Gasteiger partial charge in [-0.3, -0.25) is 0 Å². The van der Waals surface area contributed by atoms with E-state index in [0.29, 0.717) is 6.71 Å². The van der Waals surface area contributed by atoms with Crippen LogP contribution in [0, 0.1) is 6.92 Å². The highest BCUT2D eigenvalue weighted by Gasteiger charge is 2.42. The number of hydrogen-bond donors (Lipinski definition) is 0. The van der Waals surface area contributed by atoms with Gasteiger partial charge in [0.05, 0.1) is 0 Å². The SMILES string of the molecule is Cc1cccc2c1B1c3ccccc3N(c3ccccc3)c3cccc-2c31. The van der Waals surface area contributed by atoms with Gasteiger partial charge >= 0.3 is 0 Å². The van der Waals surface area contributed by atoms with Crippen LogP contribution in [0.3, 0.4) is 0 Å². The minimum Gasteiger partial charge on any atom is -0.312 e.